The fourth-order valence-electron chi connectivity index (χ4n) is 6.58. The molecule has 4 aromatic rings. The summed E-state index contributed by atoms with van der Waals surface area (Å²) in [5.41, 5.74) is 8.29. The van der Waals surface area contributed by atoms with E-state index in [1.807, 2.05) is 4.90 Å². The number of aliphatic carboxylic acids is 2. The van der Waals surface area contributed by atoms with Crippen LogP contribution in [-0.2, 0) is 16.0 Å². The van der Waals surface area contributed by atoms with Crippen molar-refractivity contribution in [2.24, 2.45) is 5.41 Å². The number of aryl methyl sites for hydroxylation is 2. The first-order valence-corrected chi connectivity index (χ1v) is 15.9. The SMILES string of the molecule is Cc1ccn(-c2ccc(-c3ccc(CCC(=O)O)cc3)cc2[C@@H](Oc2cc(N3CCC4(CC3)CN[C@H](C(=O)O)C4)nc(N)n2)C(F)(F)F)n1. The summed E-state index contributed by atoms with van der Waals surface area (Å²) in [5, 5.41) is 25.8. The highest BCUT2D eigenvalue weighted by Gasteiger charge is 2.46. The minimum absolute atomic E-state index is 0.0371. The van der Waals surface area contributed by atoms with E-state index in [0.717, 1.165) is 5.56 Å². The molecule has 2 saturated heterocycles. The lowest BCUT2D eigenvalue weighted by Crippen LogP contribution is -2.41. The Morgan fingerprint density at radius 2 is 1.78 bits per heavy atom. The second kappa shape index (κ2) is 13.4. The predicted octanol–water partition coefficient (Wildman–Crippen LogP) is 4.95. The number of benzene rings is 2. The molecule has 2 aromatic heterocycles. The number of carbonyl (C=O) groups is 2. The van der Waals surface area contributed by atoms with Gasteiger partial charge in [0.05, 0.1) is 11.4 Å². The van der Waals surface area contributed by atoms with Crippen LogP contribution in [0.15, 0.2) is 60.8 Å². The number of aromatic nitrogens is 4. The lowest BCUT2D eigenvalue weighted by atomic mass is 9.76. The van der Waals surface area contributed by atoms with Gasteiger partial charge in [-0.05, 0) is 72.9 Å². The van der Waals surface area contributed by atoms with Crippen LogP contribution in [0.2, 0.25) is 0 Å². The first-order valence-electron chi connectivity index (χ1n) is 15.9. The highest BCUT2D eigenvalue weighted by atomic mass is 19.4. The molecule has 0 radical (unpaired) electrons. The highest BCUT2D eigenvalue weighted by molar-refractivity contribution is 5.74. The number of halogens is 3. The Morgan fingerprint density at radius 3 is 2.39 bits per heavy atom. The van der Waals surface area contributed by atoms with Crippen LogP contribution in [0.1, 0.15) is 48.6 Å². The molecule has 12 nitrogen and oxygen atoms in total. The largest absolute Gasteiger partial charge is 0.481 e. The van der Waals surface area contributed by atoms with Gasteiger partial charge in [-0.15, -0.1) is 0 Å². The number of nitrogen functional groups attached to an aromatic ring is 1. The maximum atomic E-state index is 15.0. The third kappa shape index (κ3) is 7.61. The Hall–Kier alpha value is -5.18. The van der Waals surface area contributed by atoms with Gasteiger partial charge in [0.2, 0.25) is 17.9 Å². The van der Waals surface area contributed by atoms with Crippen molar-refractivity contribution in [1.29, 1.82) is 0 Å². The molecule has 0 unspecified atom stereocenters. The van der Waals surface area contributed by atoms with E-state index in [2.05, 4.69) is 20.4 Å². The van der Waals surface area contributed by atoms with Gasteiger partial charge in [-0.25, -0.2) is 4.68 Å². The third-order valence-corrected chi connectivity index (χ3v) is 9.24. The number of nitrogens with two attached hydrogens (primary N) is 1. The number of nitrogens with zero attached hydrogens (tertiary/aromatic N) is 5. The molecule has 15 heteroatoms. The van der Waals surface area contributed by atoms with Gasteiger partial charge in [0.1, 0.15) is 11.9 Å². The van der Waals surface area contributed by atoms with Gasteiger partial charge in [0, 0.05) is 43.9 Å². The van der Waals surface area contributed by atoms with Gasteiger partial charge in [-0.3, -0.25) is 9.59 Å². The van der Waals surface area contributed by atoms with Gasteiger partial charge in [-0.1, -0.05) is 30.3 Å². The number of alkyl halides is 3. The van der Waals surface area contributed by atoms with E-state index < -0.39 is 30.3 Å². The predicted molar refractivity (Wildman–Crippen MR) is 173 cm³/mol. The summed E-state index contributed by atoms with van der Waals surface area (Å²) in [6.45, 7) is 3.33. The maximum absolute atomic E-state index is 15.0. The van der Waals surface area contributed by atoms with Crippen molar-refractivity contribution in [3.8, 4) is 22.7 Å². The molecule has 0 bridgehead atoms. The van der Waals surface area contributed by atoms with E-state index in [9.17, 15) is 14.7 Å². The van der Waals surface area contributed by atoms with Crippen LogP contribution < -0.4 is 20.7 Å². The molecular formula is C34H36F3N7O5. The number of hydrogen-bond acceptors (Lipinski definition) is 9. The van der Waals surface area contributed by atoms with Crippen molar-refractivity contribution in [3.05, 3.63) is 77.6 Å². The fourth-order valence-corrected chi connectivity index (χ4v) is 6.58. The van der Waals surface area contributed by atoms with E-state index in [4.69, 9.17) is 15.6 Å². The van der Waals surface area contributed by atoms with Crippen LogP contribution >= 0.6 is 0 Å². The Bertz CT molecular complexity index is 1840. The molecule has 5 N–H and O–H groups in total. The number of hydrogen-bond donors (Lipinski definition) is 4. The number of nitrogens with one attached hydrogen (secondary N) is 1. The van der Waals surface area contributed by atoms with Gasteiger partial charge in [0.15, 0.2) is 0 Å². The molecule has 0 saturated carbocycles. The number of ether oxygens (including phenoxy) is 1. The molecule has 258 valence electrons. The number of piperidine rings is 1. The molecule has 2 fully saturated rings. The summed E-state index contributed by atoms with van der Waals surface area (Å²) in [4.78, 5) is 32.6. The van der Waals surface area contributed by atoms with E-state index in [-0.39, 0.29) is 34.9 Å². The molecule has 2 atom stereocenters. The molecule has 2 aromatic carbocycles. The monoisotopic (exact) mass is 679 g/mol. The van der Waals surface area contributed by atoms with Crippen LogP contribution in [0, 0.1) is 12.3 Å². The van der Waals surface area contributed by atoms with Gasteiger partial charge in [-0.2, -0.15) is 28.2 Å². The Morgan fingerprint density at radius 1 is 1.06 bits per heavy atom. The smallest absolute Gasteiger partial charge is 0.429 e. The van der Waals surface area contributed by atoms with Crippen LogP contribution in [0.25, 0.3) is 16.8 Å². The Labute approximate surface area is 279 Å². The molecule has 2 aliphatic heterocycles. The standard InChI is InChI=1S/C34H36F3N7O5/c1-20-10-13-44(42-20)26-8-7-23(22-5-2-21(3-6-22)4-9-29(45)46)16-24(26)30(34(35,36)37)49-28-17-27(40-32(38)41-28)43-14-11-33(12-15-43)18-25(31(47)48)39-19-33/h2-3,5-8,10,13,16-17,25,30,39H,4,9,11-12,14-15,18-19H2,1H3,(H,45,46)(H,47,48)(H2,38,40,41)/t25-,30+/m0/s1. The summed E-state index contributed by atoms with van der Waals surface area (Å²) in [5.74, 6) is -2.09. The zero-order valence-corrected chi connectivity index (χ0v) is 26.7. The van der Waals surface area contributed by atoms with E-state index >= 15 is 13.2 Å². The van der Waals surface area contributed by atoms with Crippen LogP contribution in [-0.4, -0.2) is 73.8 Å². The average Bonchev–Trinajstić information content (AvgIpc) is 3.68. The minimum atomic E-state index is -4.89. The lowest BCUT2D eigenvalue weighted by Gasteiger charge is -2.39. The van der Waals surface area contributed by atoms with Crippen LogP contribution in [0.5, 0.6) is 5.88 Å². The van der Waals surface area contributed by atoms with Crippen LogP contribution in [0.4, 0.5) is 24.9 Å². The van der Waals surface area contributed by atoms with Gasteiger partial charge < -0.3 is 30.9 Å². The normalized spacial score (nSPS) is 18.0. The summed E-state index contributed by atoms with van der Waals surface area (Å²) in [7, 11) is 0. The Balaban J connectivity index is 1.30. The number of carboxylic acid groups (broad SMARTS) is 2. The topological polar surface area (TPSA) is 169 Å². The number of carboxylic acids is 2. The summed E-state index contributed by atoms with van der Waals surface area (Å²) < 4.78 is 52.1. The second-order valence-electron chi connectivity index (χ2n) is 12.7. The van der Waals surface area contributed by atoms with E-state index in [0.29, 0.717) is 68.0 Å². The summed E-state index contributed by atoms with van der Waals surface area (Å²) in [6, 6.07) is 14.1. The molecule has 6 rings (SSSR count). The number of anilines is 2. The maximum Gasteiger partial charge on any atom is 0.429 e. The minimum Gasteiger partial charge on any atom is -0.481 e. The first-order chi connectivity index (χ1) is 23.3. The molecule has 49 heavy (non-hydrogen) atoms. The Kier molecular flexibility index (Phi) is 9.20. The zero-order valence-electron chi connectivity index (χ0n) is 26.7. The van der Waals surface area contributed by atoms with Crippen LogP contribution in [0.3, 0.4) is 0 Å². The quantitative estimate of drug-likeness (QED) is 0.179. The highest BCUT2D eigenvalue weighted by Crippen LogP contribution is 2.43. The van der Waals surface area contributed by atoms with E-state index in [1.165, 1.54) is 16.8 Å². The molecule has 0 aliphatic carbocycles. The van der Waals surface area contributed by atoms with Crippen molar-refractivity contribution in [2.75, 3.05) is 30.3 Å². The fraction of sp³-hybridized carbons (Fsp3) is 0.382. The average molecular weight is 680 g/mol. The number of rotatable bonds is 10. The molecule has 0 amide bonds. The van der Waals surface area contributed by atoms with Crippen molar-refractivity contribution >= 4 is 23.7 Å². The third-order valence-electron chi connectivity index (χ3n) is 9.24. The van der Waals surface area contributed by atoms with Gasteiger partial charge in [0.25, 0.3) is 0 Å². The zero-order chi connectivity index (χ0) is 34.9. The van der Waals surface area contributed by atoms with E-state index in [1.54, 1.807) is 55.6 Å². The van der Waals surface area contributed by atoms with Crippen molar-refractivity contribution in [2.45, 2.75) is 57.3 Å². The molecular weight excluding hydrogens is 643 g/mol. The summed E-state index contributed by atoms with van der Waals surface area (Å²) >= 11 is 0. The molecule has 2 aliphatic rings. The van der Waals surface area contributed by atoms with Crippen molar-refractivity contribution in [3.63, 3.8) is 0 Å². The van der Waals surface area contributed by atoms with Gasteiger partial charge >= 0.3 is 18.1 Å². The first kappa shape index (κ1) is 33.7. The molecule has 4 heterocycles. The summed E-state index contributed by atoms with van der Waals surface area (Å²) in [6.07, 6.45) is -3.63. The lowest BCUT2D eigenvalue weighted by molar-refractivity contribution is -0.198. The van der Waals surface area contributed by atoms with Crippen molar-refractivity contribution < 1.29 is 37.7 Å². The second-order valence-corrected chi connectivity index (χ2v) is 12.7. The van der Waals surface area contributed by atoms with Crippen molar-refractivity contribution in [1.82, 2.24) is 25.1 Å². The molecule has 1 spiro atoms.